The van der Waals surface area contributed by atoms with Crippen LogP contribution < -0.4 is 5.32 Å². The van der Waals surface area contributed by atoms with Gasteiger partial charge < -0.3 is 10.4 Å². The van der Waals surface area contributed by atoms with E-state index in [0.29, 0.717) is 0 Å². The summed E-state index contributed by atoms with van der Waals surface area (Å²) in [6, 6.07) is 17.3. The van der Waals surface area contributed by atoms with E-state index < -0.39 is 6.10 Å². The summed E-state index contributed by atoms with van der Waals surface area (Å²) in [4.78, 5) is 14.6. The van der Waals surface area contributed by atoms with Gasteiger partial charge in [0, 0.05) is 10.5 Å². The number of rotatable bonds is 5. The normalized spacial score (nSPS) is 19.4. The van der Waals surface area contributed by atoms with Crippen LogP contribution in [-0.2, 0) is 4.79 Å². The molecule has 0 unspecified atom stereocenters. The van der Waals surface area contributed by atoms with Gasteiger partial charge in [0.05, 0.1) is 18.3 Å². The van der Waals surface area contributed by atoms with Crippen molar-refractivity contribution >= 4 is 27.5 Å². The molecule has 2 N–H and O–H groups in total. The first-order valence-corrected chi connectivity index (χ1v) is 9.46. The zero-order valence-electron chi connectivity index (χ0n) is 14.1. The monoisotopic (exact) mass is 402 g/mol. The second kappa shape index (κ2) is 8.61. The van der Waals surface area contributed by atoms with Gasteiger partial charge in [-0.15, -0.1) is 0 Å². The molecule has 0 bridgehead atoms. The van der Waals surface area contributed by atoms with E-state index >= 15 is 0 Å². The Morgan fingerprint density at radius 1 is 1.16 bits per heavy atom. The van der Waals surface area contributed by atoms with E-state index in [0.717, 1.165) is 41.5 Å². The fraction of sp³-hybridized carbons (Fsp3) is 0.350. The van der Waals surface area contributed by atoms with E-state index in [1.165, 1.54) is 0 Å². The number of hydrogen-bond donors (Lipinski definition) is 2. The lowest BCUT2D eigenvalue weighted by atomic mass is 9.93. The average Bonchev–Trinajstić information content (AvgIpc) is 2.64. The predicted molar refractivity (Wildman–Crippen MR) is 103 cm³/mol. The first-order chi connectivity index (χ1) is 12.1. The minimum absolute atomic E-state index is 0.0267. The maximum absolute atomic E-state index is 12.5. The number of likely N-dealkylation sites (tertiary alicyclic amines) is 1. The Kier molecular flexibility index (Phi) is 6.24. The molecule has 0 aliphatic carbocycles. The second-order valence-corrected chi connectivity index (χ2v) is 7.27. The maximum Gasteiger partial charge on any atom is 0.238 e. The van der Waals surface area contributed by atoms with Crippen molar-refractivity contribution in [2.45, 2.75) is 31.4 Å². The number of amides is 1. The van der Waals surface area contributed by atoms with Crippen LogP contribution in [0.5, 0.6) is 0 Å². The van der Waals surface area contributed by atoms with Crippen LogP contribution in [0, 0.1) is 0 Å². The molecular formula is C20H23BrN2O2. The topological polar surface area (TPSA) is 52.6 Å². The molecule has 0 spiro atoms. The molecule has 25 heavy (non-hydrogen) atoms. The Bertz CT molecular complexity index is 708. The molecule has 1 fully saturated rings. The van der Waals surface area contributed by atoms with Gasteiger partial charge in [-0.25, -0.2) is 0 Å². The van der Waals surface area contributed by atoms with Crippen molar-refractivity contribution in [1.82, 2.24) is 4.90 Å². The van der Waals surface area contributed by atoms with E-state index in [9.17, 15) is 9.90 Å². The third-order valence-corrected chi connectivity index (χ3v) is 5.36. The standard InChI is InChI=1S/C20H23BrN2O2/c21-16-10-4-5-11-17(16)22-19(24)14-23-13-7-6-12-18(23)20(25)15-8-2-1-3-9-15/h1-5,8-11,18,20,25H,6-7,12-14H2,(H,22,24)/t18-,20+/m0/s1. The van der Waals surface area contributed by atoms with E-state index in [4.69, 9.17) is 0 Å². The summed E-state index contributed by atoms with van der Waals surface area (Å²) in [5.74, 6) is -0.0564. The molecule has 1 amide bonds. The number of hydrogen-bond acceptors (Lipinski definition) is 3. The molecule has 1 aliphatic heterocycles. The smallest absolute Gasteiger partial charge is 0.238 e. The summed E-state index contributed by atoms with van der Waals surface area (Å²) in [5, 5.41) is 13.7. The van der Waals surface area contributed by atoms with Gasteiger partial charge in [0.1, 0.15) is 0 Å². The van der Waals surface area contributed by atoms with Crippen molar-refractivity contribution < 1.29 is 9.90 Å². The number of anilines is 1. The lowest BCUT2D eigenvalue weighted by molar-refractivity contribution is -0.119. The molecule has 4 nitrogen and oxygen atoms in total. The van der Waals surface area contributed by atoms with E-state index in [1.54, 1.807) is 0 Å². The number of nitrogens with one attached hydrogen (secondary N) is 1. The van der Waals surface area contributed by atoms with Crippen molar-refractivity contribution in [2.75, 3.05) is 18.4 Å². The van der Waals surface area contributed by atoms with Gasteiger partial charge in [-0.3, -0.25) is 9.69 Å². The van der Waals surface area contributed by atoms with E-state index in [-0.39, 0.29) is 18.5 Å². The number of carbonyl (C=O) groups excluding carboxylic acids is 1. The molecule has 0 saturated carbocycles. The van der Waals surface area contributed by atoms with Crippen LogP contribution in [0.4, 0.5) is 5.69 Å². The zero-order chi connectivity index (χ0) is 17.6. The van der Waals surface area contributed by atoms with Crippen LogP contribution in [0.3, 0.4) is 0 Å². The number of halogens is 1. The van der Waals surface area contributed by atoms with Crippen LogP contribution in [0.1, 0.15) is 30.9 Å². The van der Waals surface area contributed by atoms with Gasteiger partial charge in [0.2, 0.25) is 5.91 Å². The minimum atomic E-state index is -0.572. The highest BCUT2D eigenvalue weighted by Gasteiger charge is 2.30. The molecule has 2 atom stereocenters. The van der Waals surface area contributed by atoms with Crippen molar-refractivity contribution in [2.24, 2.45) is 0 Å². The van der Waals surface area contributed by atoms with Crippen LogP contribution in [0.15, 0.2) is 59.1 Å². The van der Waals surface area contributed by atoms with Crippen molar-refractivity contribution in [3.63, 3.8) is 0 Å². The summed E-state index contributed by atoms with van der Waals surface area (Å²) < 4.78 is 0.864. The molecule has 1 saturated heterocycles. The van der Waals surface area contributed by atoms with Crippen LogP contribution >= 0.6 is 15.9 Å². The number of benzene rings is 2. The third kappa shape index (κ3) is 4.69. The lowest BCUT2D eigenvalue weighted by Gasteiger charge is -2.38. The second-order valence-electron chi connectivity index (χ2n) is 6.42. The van der Waals surface area contributed by atoms with Gasteiger partial charge in [0.25, 0.3) is 0 Å². The number of piperidine rings is 1. The zero-order valence-corrected chi connectivity index (χ0v) is 15.7. The molecule has 1 heterocycles. The minimum Gasteiger partial charge on any atom is -0.387 e. The van der Waals surface area contributed by atoms with Crippen molar-refractivity contribution in [1.29, 1.82) is 0 Å². The Morgan fingerprint density at radius 2 is 1.88 bits per heavy atom. The highest BCUT2D eigenvalue weighted by molar-refractivity contribution is 9.10. The Labute approximate surface area is 157 Å². The summed E-state index contributed by atoms with van der Waals surface area (Å²) in [7, 11) is 0. The van der Waals surface area contributed by atoms with Gasteiger partial charge in [-0.05, 0) is 53.0 Å². The fourth-order valence-electron chi connectivity index (χ4n) is 3.38. The molecule has 1 aliphatic rings. The van der Waals surface area contributed by atoms with Gasteiger partial charge in [-0.2, -0.15) is 0 Å². The quantitative estimate of drug-likeness (QED) is 0.794. The van der Waals surface area contributed by atoms with Crippen LogP contribution in [0.2, 0.25) is 0 Å². The molecule has 0 aromatic heterocycles. The predicted octanol–water partition coefficient (Wildman–Crippen LogP) is 3.98. The first kappa shape index (κ1) is 18.1. The van der Waals surface area contributed by atoms with E-state index in [2.05, 4.69) is 26.1 Å². The van der Waals surface area contributed by atoms with Crippen molar-refractivity contribution in [3.05, 3.63) is 64.6 Å². The largest absolute Gasteiger partial charge is 0.387 e. The van der Waals surface area contributed by atoms with Gasteiger partial charge >= 0.3 is 0 Å². The highest BCUT2D eigenvalue weighted by atomic mass is 79.9. The Hall–Kier alpha value is -1.69. The van der Waals surface area contributed by atoms with Crippen LogP contribution in [0.25, 0.3) is 0 Å². The molecule has 2 aromatic carbocycles. The highest BCUT2D eigenvalue weighted by Crippen LogP contribution is 2.28. The lowest BCUT2D eigenvalue weighted by Crippen LogP contribution is -2.46. The summed E-state index contributed by atoms with van der Waals surface area (Å²) in [6.07, 6.45) is 2.47. The van der Waals surface area contributed by atoms with Gasteiger partial charge in [-0.1, -0.05) is 48.9 Å². The van der Waals surface area contributed by atoms with Gasteiger partial charge in [0.15, 0.2) is 0 Å². The average molecular weight is 403 g/mol. The molecule has 132 valence electrons. The number of para-hydroxylation sites is 1. The summed E-state index contributed by atoms with van der Waals surface area (Å²) in [5.41, 5.74) is 1.68. The Morgan fingerprint density at radius 3 is 2.64 bits per heavy atom. The third-order valence-electron chi connectivity index (χ3n) is 4.66. The number of aliphatic hydroxyl groups is 1. The molecule has 3 rings (SSSR count). The summed E-state index contributed by atoms with van der Waals surface area (Å²) in [6.45, 7) is 1.12. The first-order valence-electron chi connectivity index (χ1n) is 8.66. The van der Waals surface area contributed by atoms with E-state index in [1.807, 2.05) is 54.6 Å². The molecule has 2 aromatic rings. The SMILES string of the molecule is O=C(CN1CCCC[C@H]1[C@H](O)c1ccccc1)Nc1ccccc1Br. The number of aliphatic hydroxyl groups excluding tert-OH is 1. The maximum atomic E-state index is 12.5. The number of nitrogens with zero attached hydrogens (tertiary/aromatic N) is 1. The molecular weight excluding hydrogens is 380 g/mol. The Balaban J connectivity index is 1.67. The number of carbonyl (C=O) groups is 1. The fourth-order valence-corrected chi connectivity index (χ4v) is 3.76. The van der Waals surface area contributed by atoms with Crippen molar-refractivity contribution in [3.8, 4) is 0 Å². The van der Waals surface area contributed by atoms with Crippen LogP contribution in [-0.4, -0.2) is 35.0 Å². The molecule has 0 radical (unpaired) electrons. The molecule has 5 heteroatoms. The summed E-state index contributed by atoms with van der Waals surface area (Å²) >= 11 is 3.45.